The molecule has 1 aromatic carbocycles. The van der Waals surface area contributed by atoms with Gasteiger partial charge in [-0.3, -0.25) is 4.79 Å². The Bertz CT molecular complexity index is 470. The van der Waals surface area contributed by atoms with E-state index in [2.05, 4.69) is 0 Å². The Morgan fingerprint density at radius 2 is 1.80 bits per heavy atom. The molecule has 0 spiro atoms. The first kappa shape index (κ1) is 15.9. The van der Waals surface area contributed by atoms with Gasteiger partial charge in [-0.15, -0.1) is 5.06 Å². The summed E-state index contributed by atoms with van der Waals surface area (Å²) in [5.41, 5.74) is 0.243. The van der Waals surface area contributed by atoms with Crippen LogP contribution in [0.2, 0.25) is 0 Å². The van der Waals surface area contributed by atoms with Gasteiger partial charge in [0.2, 0.25) is 0 Å². The molecular formula is C13H17NO6. The van der Waals surface area contributed by atoms with Gasteiger partial charge in [0.15, 0.2) is 6.04 Å². The van der Waals surface area contributed by atoms with Crippen LogP contribution in [0.3, 0.4) is 0 Å². The summed E-state index contributed by atoms with van der Waals surface area (Å²) in [6.45, 7) is 1.30. The summed E-state index contributed by atoms with van der Waals surface area (Å²) in [5.74, 6) is -1.42. The smallest absolute Gasteiger partial charge is 0.357 e. The number of hydroxylamine groups is 2. The zero-order chi connectivity index (χ0) is 15.3. The van der Waals surface area contributed by atoms with Crippen LogP contribution in [0, 0.1) is 0 Å². The zero-order valence-corrected chi connectivity index (χ0v) is 11.4. The molecule has 0 bridgehead atoms. The van der Waals surface area contributed by atoms with Crippen LogP contribution >= 0.6 is 0 Å². The van der Waals surface area contributed by atoms with E-state index in [1.807, 2.05) is 0 Å². The van der Waals surface area contributed by atoms with E-state index in [0.717, 1.165) is 5.06 Å². The molecule has 0 aliphatic rings. The Kier molecular flexibility index (Phi) is 5.48. The molecule has 0 aromatic heterocycles. The zero-order valence-electron chi connectivity index (χ0n) is 11.4. The van der Waals surface area contributed by atoms with Crippen LogP contribution in [0.15, 0.2) is 24.3 Å². The fraction of sp³-hybridized carbons (Fsp3) is 0.385. The van der Waals surface area contributed by atoms with Gasteiger partial charge in [0.05, 0.1) is 18.8 Å². The second-order valence-corrected chi connectivity index (χ2v) is 4.18. The third kappa shape index (κ3) is 3.94. The number of carboxylic acids is 1. The van der Waals surface area contributed by atoms with E-state index >= 15 is 0 Å². The van der Waals surface area contributed by atoms with Gasteiger partial charge in [-0.05, 0) is 31.2 Å². The lowest BCUT2D eigenvalue weighted by Gasteiger charge is -2.25. The third-order valence-corrected chi connectivity index (χ3v) is 2.65. The van der Waals surface area contributed by atoms with Gasteiger partial charge in [0.1, 0.15) is 5.75 Å². The van der Waals surface area contributed by atoms with Crippen LogP contribution < -0.4 is 4.74 Å². The Morgan fingerprint density at radius 3 is 2.20 bits per heavy atom. The van der Waals surface area contributed by atoms with Crippen molar-refractivity contribution in [1.29, 1.82) is 0 Å². The summed E-state index contributed by atoms with van der Waals surface area (Å²) in [7, 11) is 2.77. The molecule has 0 saturated heterocycles. The number of rotatable bonds is 6. The number of aliphatic hydroxyl groups is 1. The second-order valence-electron chi connectivity index (χ2n) is 4.18. The van der Waals surface area contributed by atoms with Crippen molar-refractivity contribution < 1.29 is 29.4 Å². The van der Waals surface area contributed by atoms with Crippen molar-refractivity contribution in [2.24, 2.45) is 0 Å². The number of carboxylic acid groups (broad SMARTS) is 1. The third-order valence-electron chi connectivity index (χ3n) is 2.65. The maximum Gasteiger partial charge on any atom is 0.357 e. The molecule has 0 radical (unpaired) electrons. The normalized spacial score (nSPS) is 13.7. The van der Waals surface area contributed by atoms with Crippen LogP contribution in [-0.2, 0) is 9.63 Å². The molecule has 0 aliphatic heterocycles. The summed E-state index contributed by atoms with van der Waals surface area (Å²) in [6.07, 6.45) is -1.19. The lowest BCUT2D eigenvalue weighted by Crippen LogP contribution is -2.46. The molecular weight excluding hydrogens is 266 g/mol. The van der Waals surface area contributed by atoms with Gasteiger partial charge in [0, 0.05) is 7.05 Å². The summed E-state index contributed by atoms with van der Waals surface area (Å²) in [5, 5.41) is 19.1. The summed E-state index contributed by atoms with van der Waals surface area (Å²) < 4.78 is 4.96. The molecule has 0 fully saturated rings. The highest BCUT2D eigenvalue weighted by molar-refractivity contribution is 5.89. The lowest BCUT2D eigenvalue weighted by molar-refractivity contribution is -0.175. The average molecular weight is 283 g/mol. The molecule has 2 N–H and O–H groups in total. The van der Waals surface area contributed by atoms with Crippen molar-refractivity contribution in [3.8, 4) is 5.75 Å². The predicted octanol–water partition coefficient (Wildman–Crippen LogP) is 0.533. The topological polar surface area (TPSA) is 96.3 Å². The number of hydrogen-bond donors (Lipinski definition) is 2. The molecule has 20 heavy (non-hydrogen) atoms. The molecule has 110 valence electrons. The van der Waals surface area contributed by atoms with Crippen LogP contribution in [0.4, 0.5) is 0 Å². The minimum atomic E-state index is -1.34. The number of nitrogens with zero attached hydrogens (tertiary/aromatic N) is 1. The number of ether oxygens (including phenoxy) is 1. The van der Waals surface area contributed by atoms with Gasteiger partial charge in [-0.1, -0.05) is 0 Å². The molecule has 0 amide bonds. The fourth-order valence-corrected chi connectivity index (χ4v) is 1.63. The Morgan fingerprint density at radius 1 is 1.25 bits per heavy atom. The van der Waals surface area contributed by atoms with Crippen LogP contribution in [0.5, 0.6) is 5.75 Å². The van der Waals surface area contributed by atoms with Gasteiger partial charge in [0.25, 0.3) is 0 Å². The monoisotopic (exact) mass is 283 g/mol. The maximum atomic E-state index is 11.8. The predicted molar refractivity (Wildman–Crippen MR) is 69.3 cm³/mol. The quantitative estimate of drug-likeness (QED) is 0.735. The Balaban J connectivity index is 2.75. The standard InChI is InChI=1S/C13H17NO6/c1-8(15)11(12(16)17)14(2)20-13(18)9-4-6-10(19-3)7-5-9/h4-8,11,15H,1-3H3,(H,16,17)/t8-,11+/m1/s1. The molecule has 1 aromatic rings. The summed E-state index contributed by atoms with van der Waals surface area (Å²) in [6, 6.07) is 4.82. The largest absolute Gasteiger partial charge is 0.497 e. The maximum absolute atomic E-state index is 11.8. The van der Waals surface area contributed by atoms with Gasteiger partial charge < -0.3 is 19.8 Å². The van der Waals surface area contributed by atoms with Crippen LogP contribution in [-0.4, -0.2) is 53.5 Å². The van der Waals surface area contributed by atoms with Crippen molar-refractivity contribution in [2.75, 3.05) is 14.2 Å². The summed E-state index contributed by atoms with van der Waals surface area (Å²) >= 11 is 0. The Labute approximate surface area is 116 Å². The highest BCUT2D eigenvalue weighted by Gasteiger charge is 2.30. The van der Waals surface area contributed by atoms with Gasteiger partial charge in [-0.25, -0.2) is 4.79 Å². The van der Waals surface area contributed by atoms with Gasteiger partial charge >= 0.3 is 11.9 Å². The van der Waals surface area contributed by atoms with Crippen molar-refractivity contribution in [2.45, 2.75) is 19.1 Å². The number of likely N-dealkylation sites (N-methyl/N-ethyl adjacent to an activating group) is 1. The first-order chi connectivity index (χ1) is 9.36. The minimum Gasteiger partial charge on any atom is -0.497 e. The number of aliphatic hydroxyl groups excluding tert-OH is 1. The molecule has 0 saturated carbocycles. The van der Waals surface area contributed by atoms with E-state index in [0.29, 0.717) is 5.75 Å². The van der Waals surface area contributed by atoms with E-state index in [4.69, 9.17) is 14.7 Å². The van der Waals surface area contributed by atoms with Crippen molar-refractivity contribution in [3.63, 3.8) is 0 Å². The molecule has 7 nitrogen and oxygen atoms in total. The second kappa shape index (κ2) is 6.88. The van der Waals surface area contributed by atoms with E-state index in [1.54, 1.807) is 12.1 Å². The van der Waals surface area contributed by atoms with Crippen LogP contribution in [0.1, 0.15) is 17.3 Å². The molecule has 7 heteroatoms. The first-order valence-electron chi connectivity index (χ1n) is 5.87. The summed E-state index contributed by atoms with van der Waals surface area (Å²) in [4.78, 5) is 27.7. The van der Waals surface area contributed by atoms with Crippen molar-refractivity contribution >= 4 is 11.9 Å². The lowest BCUT2D eigenvalue weighted by atomic mass is 10.2. The fourth-order valence-electron chi connectivity index (χ4n) is 1.63. The number of hydrogen-bond acceptors (Lipinski definition) is 6. The van der Waals surface area contributed by atoms with Crippen LogP contribution in [0.25, 0.3) is 0 Å². The molecule has 0 aliphatic carbocycles. The van der Waals surface area contributed by atoms with E-state index in [-0.39, 0.29) is 5.56 Å². The number of benzene rings is 1. The highest BCUT2D eigenvalue weighted by Crippen LogP contribution is 2.13. The number of aliphatic carboxylic acids is 1. The number of carbonyl (C=O) groups excluding carboxylic acids is 1. The molecule has 0 heterocycles. The minimum absolute atomic E-state index is 0.243. The van der Waals surface area contributed by atoms with Crippen molar-refractivity contribution in [1.82, 2.24) is 5.06 Å². The highest BCUT2D eigenvalue weighted by atomic mass is 16.7. The van der Waals surface area contributed by atoms with Gasteiger partial charge in [-0.2, -0.15) is 0 Å². The average Bonchev–Trinajstić information content (AvgIpc) is 2.37. The SMILES string of the molecule is COc1ccc(C(=O)ON(C)[C@H](C(=O)O)[C@@H](C)O)cc1. The van der Waals surface area contributed by atoms with E-state index < -0.39 is 24.1 Å². The first-order valence-corrected chi connectivity index (χ1v) is 5.87. The molecule has 0 unspecified atom stereocenters. The Hall–Kier alpha value is -2.12. The van der Waals surface area contributed by atoms with E-state index in [1.165, 1.54) is 33.2 Å². The molecule has 2 atom stereocenters. The number of methoxy groups -OCH3 is 1. The van der Waals surface area contributed by atoms with Crippen molar-refractivity contribution in [3.05, 3.63) is 29.8 Å². The van der Waals surface area contributed by atoms with E-state index in [9.17, 15) is 14.7 Å². The molecule has 1 rings (SSSR count). The number of carbonyl (C=O) groups is 2.